The van der Waals surface area contributed by atoms with Gasteiger partial charge < -0.3 is 15.2 Å². The zero-order valence-electron chi connectivity index (χ0n) is 9.17. The van der Waals surface area contributed by atoms with Crippen molar-refractivity contribution in [3.63, 3.8) is 0 Å². The molecule has 1 aliphatic rings. The monoisotopic (exact) mass is 201 g/mol. The molecule has 0 heterocycles. The van der Waals surface area contributed by atoms with Crippen molar-refractivity contribution in [2.75, 3.05) is 26.8 Å². The van der Waals surface area contributed by atoms with Crippen LogP contribution in [0.5, 0.6) is 0 Å². The molecule has 1 aliphatic carbocycles. The SMILES string of the molecule is COCCCCNCC1CCCC1O. The molecule has 2 N–H and O–H groups in total. The lowest BCUT2D eigenvalue weighted by Gasteiger charge is -2.14. The van der Waals surface area contributed by atoms with Crippen LogP contribution in [0.1, 0.15) is 32.1 Å². The van der Waals surface area contributed by atoms with Gasteiger partial charge in [0.25, 0.3) is 0 Å². The Morgan fingerprint density at radius 3 is 2.86 bits per heavy atom. The van der Waals surface area contributed by atoms with E-state index in [-0.39, 0.29) is 6.10 Å². The molecule has 1 fully saturated rings. The number of hydrogen-bond acceptors (Lipinski definition) is 3. The second-order valence-corrected chi connectivity index (χ2v) is 4.16. The maximum atomic E-state index is 9.57. The number of aliphatic hydroxyl groups is 1. The average Bonchev–Trinajstić information content (AvgIpc) is 2.58. The molecule has 3 heteroatoms. The molecule has 0 bridgehead atoms. The van der Waals surface area contributed by atoms with E-state index in [0.717, 1.165) is 39.0 Å². The van der Waals surface area contributed by atoms with Gasteiger partial charge >= 0.3 is 0 Å². The van der Waals surface area contributed by atoms with Crippen LogP contribution in [0, 0.1) is 5.92 Å². The Morgan fingerprint density at radius 2 is 2.21 bits per heavy atom. The van der Waals surface area contributed by atoms with Gasteiger partial charge in [0.05, 0.1) is 6.10 Å². The molecule has 3 nitrogen and oxygen atoms in total. The second-order valence-electron chi connectivity index (χ2n) is 4.16. The van der Waals surface area contributed by atoms with Crippen molar-refractivity contribution in [1.82, 2.24) is 5.32 Å². The van der Waals surface area contributed by atoms with E-state index in [1.165, 1.54) is 12.8 Å². The Kier molecular flexibility index (Phi) is 6.15. The third kappa shape index (κ3) is 4.40. The van der Waals surface area contributed by atoms with E-state index in [2.05, 4.69) is 5.32 Å². The van der Waals surface area contributed by atoms with Crippen LogP contribution in [-0.4, -0.2) is 38.0 Å². The molecule has 0 radical (unpaired) electrons. The van der Waals surface area contributed by atoms with Crippen LogP contribution in [0.15, 0.2) is 0 Å². The van der Waals surface area contributed by atoms with Crippen molar-refractivity contribution >= 4 is 0 Å². The molecular weight excluding hydrogens is 178 g/mol. The van der Waals surface area contributed by atoms with E-state index in [4.69, 9.17) is 4.74 Å². The van der Waals surface area contributed by atoms with Gasteiger partial charge in [-0.2, -0.15) is 0 Å². The topological polar surface area (TPSA) is 41.5 Å². The minimum atomic E-state index is -0.0542. The van der Waals surface area contributed by atoms with E-state index in [0.29, 0.717) is 5.92 Å². The second kappa shape index (κ2) is 7.21. The summed E-state index contributed by atoms with van der Waals surface area (Å²) < 4.78 is 4.97. The van der Waals surface area contributed by atoms with Crippen LogP contribution < -0.4 is 5.32 Å². The molecule has 0 aliphatic heterocycles. The lowest BCUT2D eigenvalue weighted by Crippen LogP contribution is -2.28. The molecule has 0 amide bonds. The Balaban J connectivity index is 1.88. The van der Waals surface area contributed by atoms with E-state index in [1.54, 1.807) is 7.11 Å². The van der Waals surface area contributed by atoms with Gasteiger partial charge in [0.1, 0.15) is 0 Å². The van der Waals surface area contributed by atoms with Crippen LogP contribution in [0.2, 0.25) is 0 Å². The van der Waals surface area contributed by atoms with Gasteiger partial charge in [-0.3, -0.25) is 0 Å². The van der Waals surface area contributed by atoms with Gasteiger partial charge in [-0.05, 0) is 38.1 Å². The lowest BCUT2D eigenvalue weighted by molar-refractivity contribution is 0.131. The molecule has 0 aromatic rings. The summed E-state index contributed by atoms with van der Waals surface area (Å²) in [6, 6.07) is 0. The molecule has 0 saturated heterocycles. The molecule has 0 spiro atoms. The van der Waals surface area contributed by atoms with Gasteiger partial charge in [-0.25, -0.2) is 0 Å². The van der Waals surface area contributed by atoms with Crippen LogP contribution >= 0.6 is 0 Å². The molecule has 1 saturated carbocycles. The van der Waals surface area contributed by atoms with Crippen molar-refractivity contribution in [2.45, 2.75) is 38.2 Å². The van der Waals surface area contributed by atoms with Crippen LogP contribution in [0.25, 0.3) is 0 Å². The third-order valence-electron chi connectivity index (χ3n) is 2.98. The average molecular weight is 201 g/mol. The van der Waals surface area contributed by atoms with Crippen LogP contribution in [-0.2, 0) is 4.74 Å². The first-order valence-corrected chi connectivity index (χ1v) is 5.72. The molecule has 0 aromatic heterocycles. The highest BCUT2D eigenvalue weighted by atomic mass is 16.5. The first-order valence-electron chi connectivity index (χ1n) is 5.72. The number of methoxy groups -OCH3 is 1. The molecule has 0 aromatic carbocycles. The minimum absolute atomic E-state index is 0.0542. The molecule has 14 heavy (non-hydrogen) atoms. The van der Waals surface area contributed by atoms with Gasteiger partial charge in [0, 0.05) is 20.3 Å². The minimum Gasteiger partial charge on any atom is -0.393 e. The molecule has 1 rings (SSSR count). The maximum Gasteiger partial charge on any atom is 0.0580 e. The van der Waals surface area contributed by atoms with Crippen molar-refractivity contribution in [3.05, 3.63) is 0 Å². The van der Waals surface area contributed by atoms with Crippen molar-refractivity contribution in [2.24, 2.45) is 5.92 Å². The fourth-order valence-electron chi connectivity index (χ4n) is 2.04. The van der Waals surface area contributed by atoms with Gasteiger partial charge in [-0.1, -0.05) is 6.42 Å². The van der Waals surface area contributed by atoms with Gasteiger partial charge in [0.15, 0.2) is 0 Å². The summed E-state index contributed by atoms with van der Waals surface area (Å²) >= 11 is 0. The molecule has 2 atom stereocenters. The zero-order valence-corrected chi connectivity index (χ0v) is 9.17. The molecule has 84 valence electrons. The highest BCUT2D eigenvalue weighted by molar-refractivity contribution is 4.77. The Bertz CT molecular complexity index is 141. The normalized spacial score (nSPS) is 27.0. The van der Waals surface area contributed by atoms with Crippen molar-refractivity contribution in [3.8, 4) is 0 Å². The predicted octanol–water partition coefficient (Wildman–Crippen LogP) is 1.16. The first-order chi connectivity index (χ1) is 6.84. The Labute approximate surface area is 86.8 Å². The maximum absolute atomic E-state index is 9.57. The Hall–Kier alpha value is -0.120. The fourth-order valence-corrected chi connectivity index (χ4v) is 2.04. The number of ether oxygens (including phenoxy) is 1. The van der Waals surface area contributed by atoms with E-state index in [1.807, 2.05) is 0 Å². The quantitative estimate of drug-likeness (QED) is 0.607. The summed E-state index contributed by atoms with van der Waals surface area (Å²) in [5.41, 5.74) is 0. The van der Waals surface area contributed by atoms with E-state index < -0.39 is 0 Å². The predicted molar refractivity (Wildman–Crippen MR) is 57.3 cm³/mol. The standard InChI is InChI=1S/C11H23NO2/c1-14-8-3-2-7-12-9-10-5-4-6-11(10)13/h10-13H,2-9H2,1H3. The van der Waals surface area contributed by atoms with Gasteiger partial charge in [0.2, 0.25) is 0 Å². The van der Waals surface area contributed by atoms with Crippen molar-refractivity contribution in [1.29, 1.82) is 0 Å². The summed E-state index contributed by atoms with van der Waals surface area (Å²) in [6.45, 7) is 2.88. The highest BCUT2D eigenvalue weighted by Gasteiger charge is 2.24. The number of aliphatic hydroxyl groups excluding tert-OH is 1. The zero-order chi connectivity index (χ0) is 10.2. The van der Waals surface area contributed by atoms with Gasteiger partial charge in [-0.15, -0.1) is 0 Å². The van der Waals surface area contributed by atoms with Crippen LogP contribution in [0.3, 0.4) is 0 Å². The number of rotatable bonds is 7. The van der Waals surface area contributed by atoms with Crippen LogP contribution in [0.4, 0.5) is 0 Å². The largest absolute Gasteiger partial charge is 0.393 e. The lowest BCUT2D eigenvalue weighted by atomic mass is 10.1. The number of nitrogens with one attached hydrogen (secondary N) is 1. The summed E-state index contributed by atoms with van der Waals surface area (Å²) in [4.78, 5) is 0. The van der Waals surface area contributed by atoms with Crippen molar-refractivity contribution < 1.29 is 9.84 Å². The highest BCUT2D eigenvalue weighted by Crippen LogP contribution is 2.24. The summed E-state index contributed by atoms with van der Waals surface area (Å²) in [5, 5.41) is 13.0. The van der Waals surface area contributed by atoms with E-state index >= 15 is 0 Å². The number of hydrogen-bond donors (Lipinski definition) is 2. The van der Waals surface area contributed by atoms with E-state index in [9.17, 15) is 5.11 Å². The first kappa shape index (κ1) is 12.0. The number of unbranched alkanes of at least 4 members (excludes halogenated alkanes) is 1. The fraction of sp³-hybridized carbons (Fsp3) is 1.00. The summed E-state index contributed by atoms with van der Waals surface area (Å²) in [5.74, 6) is 0.498. The summed E-state index contributed by atoms with van der Waals surface area (Å²) in [6.07, 6.45) is 5.61. The molecule has 2 unspecified atom stereocenters. The molecular formula is C11H23NO2. The third-order valence-corrected chi connectivity index (χ3v) is 2.98. The smallest absolute Gasteiger partial charge is 0.0580 e. The summed E-state index contributed by atoms with van der Waals surface area (Å²) in [7, 11) is 1.74. The Morgan fingerprint density at radius 1 is 1.36 bits per heavy atom.